The van der Waals surface area contributed by atoms with E-state index in [1.54, 1.807) is 20.8 Å². The van der Waals surface area contributed by atoms with Gasteiger partial charge in [0, 0.05) is 18.7 Å². The Bertz CT molecular complexity index is 1510. The van der Waals surface area contributed by atoms with E-state index in [4.69, 9.17) is 4.74 Å². The van der Waals surface area contributed by atoms with Crippen molar-refractivity contribution in [2.24, 2.45) is 4.99 Å². The van der Waals surface area contributed by atoms with E-state index in [0.717, 1.165) is 25.2 Å². The minimum Gasteiger partial charge on any atom is -0.444 e. The highest BCUT2D eigenvalue weighted by molar-refractivity contribution is 7.89. The van der Waals surface area contributed by atoms with Crippen LogP contribution in [-0.4, -0.2) is 48.1 Å². The summed E-state index contributed by atoms with van der Waals surface area (Å²) in [4.78, 5) is 26.7. The van der Waals surface area contributed by atoms with E-state index in [-0.39, 0.29) is 6.07 Å². The average Bonchev–Trinajstić information content (AvgIpc) is 2.76. The molecule has 11 nitrogen and oxygen atoms in total. The number of guanidine groups is 1. The second-order valence-electron chi connectivity index (χ2n) is 9.92. The van der Waals surface area contributed by atoms with Gasteiger partial charge in [0.15, 0.2) is 5.82 Å². The maximum absolute atomic E-state index is 15.8. The predicted molar refractivity (Wildman–Crippen MR) is 133 cm³/mol. The third kappa shape index (κ3) is 6.24. The number of nitrogens with one attached hydrogen (secondary N) is 2. The van der Waals surface area contributed by atoms with Gasteiger partial charge in [-0.3, -0.25) is 15.4 Å². The molecule has 1 aliphatic rings. The molecule has 2 aromatic carbocycles. The Morgan fingerprint density at radius 3 is 2.35 bits per heavy atom. The maximum atomic E-state index is 15.8. The Balaban J connectivity index is 2.15. The first kappa shape index (κ1) is 30.5. The Kier molecular flexibility index (Phi) is 7.77. The predicted octanol–water partition coefficient (Wildman–Crippen LogP) is 5.01. The number of sulfonamides is 1. The van der Waals surface area contributed by atoms with Gasteiger partial charge in [-0.25, -0.2) is 31.3 Å². The fraction of sp³-hybridized carbons (Fsp3) is 0.391. The Morgan fingerprint density at radius 2 is 1.80 bits per heavy atom. The molecule has 0 radical (unpaired) electrons. The molecule has 40 heavy (non-hydrogen) atoms. The highest BCUT2D eigenvalue weighted by Gasteiger charge is 2.44. The van der Waals surface area contributed by atoms with Gasteiger partial charge < -0.3 is 10.1 Å². The number of halogens is 5. The first-order chi connectivity index (χ1) is 18.2. The first-order valence-corrected chi connectivity index (χ1v) is 12.9. The van der Waals surface area contributed by atoms with E-state index >= 15 is 4.39 Å². The van der Waals surface area contributed by atoms with Crippen LogP contribution in [-0.2, 0) is 26.5 Å². The molecule has 0 fully saturated rings. The van der Waals surface area contributed by atoms with Crippen molar-refractivity contribution in [2.45, 2.75) is 45.0 Å². The standard InChI is InChI=1S/C23H24F5N5O6S/c1-21(2,3)39-20(34)30-19-31-22(4,11-40(37,38)32(19)5)12-7-6-8-14(17(12)25)29-18-15(33(35)36)10-9-13(24)16(18)23(26,27)28/h6-10,29H,11H2,1-5H3,(H,30,31,34)/t22-/m0/s1. The Labute approximate surface area is 225 Å². The minimum absolute atomic E-state index is 0.261. The third-order valence-electron chi connectivity index (χ3n) is 5.60. The second kappa shape index (κ2) is 10.2. The number of hydrogen-bond acceptors (Lipinski definition) is 8. The minimum atomic E-state index is -5.40. The third-order valence-corrected chi connectivity index (χ3v) is 7.53. The number of rotatable bonds is 4. The lowest BCUT2D eigenvalue weighted by molar-refractivity contribution is -0.384. The molecule has 17 heteroatoms. The number of hydrogen-bond donors (Lipinski definition) is 2. The summed E-state index contributed by atoms with van der Waals surface area (Å²) in [6.45, 7) is 5.87. The van der Waals surface area contributed by atoms with Crippen molar-refractivity contribution in [3.05, 3.63) is 63.2 Å². The number of carbonyl (C=O) groups excluding carboxylic acids is 1. The summed E-state index contributed by atoms with van der Waals surface area (Å²) in [6, 6.07) is 3.89. The zero-order valence-corrected chi connectivity index (χ0v) is 22.5. The monoisotopic (exact) mass is 593 g/mol. The van der Waals surface area contributed by atoms with Gasteiger partial charge in [0.05, 0.1) is 16.4 Å². The van der Waals surface area contributed by atoms with Crippen LogP contribution in [0.25, 0.3) is 0 Å². The molecule has 2 N–H and O–H groups in total. The number of alkyl halides is 3. The molecule has 0 bridgehead atoms. The van der Waals surface area contributed by atoms with Crippen LogP contribution >= 0.6 is 0 Å². The van der Waals surface area contributed by atoms with Crippen molar-refractivity contribution in [1.82, 2.24) is 9.62 Å². The molecule has 0 spiro atoms. The summed E-state index contributed by atoms with van der Waals surface area (Å²) >= 11 is 0. The molecule has 1 atom stereocenters. The van der Waals surface area contributed by atoms with Crippen molar-refractivity contribution >= 4 is 39.1 Å². The zero-order valence-electron chi connectivity index (χ0n) is 21.7. The van der Waals surface area contributed by atoms with Crippen molar-refractivity contribution in [1.29, 1.82) is 0 Å². The van der Waals surface area contributed by atoms with E-state index < -0.39 is 89.9 Å². The molecule has 2 aromatic rings. The SMILES string of the molecule is CN1C(NC(=O)OC(C)(C)C)=N[C@](C)(c2cccc(Nc3c([N+](=O)[O-])ccc(F)c3C(F)(F)F)c2F)CS1(=O)=O. The number of aliphatic imine (C=N–C) groups is 1. The fourth-order valence-corrected chi connectivity index (χ4v) is 5.33. The number of alkyl carbamates (subject to hydrolysis) is 1. The largest absolute Gasteiger partial charge is 0.444 e. The number of nitrogens with zero attached hydrogens (tertiary/aromatic N) is 3. The molecule has 0 saturated heterocycles. The Morgan fingerprint density at radius 1 is 1.18 bits per heavy atom. The highest BCUT2D eigenvalue weighted by atomic mass is 32.2. The molecule has 1 amide bonds. The number of amides is 1. The summed E-state index contributed by atoms with van der Waals surface area (Å²) < 4.78 is 102. The number of anilines is 2. The first-order valence-electron chi connectivity index (χ1n) is 11.3. The maximum Gasteiger partial charge on any atom is 0.421 e. The summed E-state index contributed by atoms with van der Waals surface area (Å²) in [6.07, 6.45) is -6.46. The normalized spacial score (nSPS) is 19.1. The summed E-state index contributed by atoms with van der Waals surface area (Å²) in [5.41, 5.74) is -8.68. The zero-order chi connectivity index (χ0) is 30.4. The molecule has 3 rings (SSSR count). The molecule has 0 saturated carbocycles. The second-order valence-corrected chi connectivity index (χ2v) is 11.9. The van der Waals surface area contributed by atoms with Gasteiger partial charge in [-0.1, -0.05) is 12.1 Å². The van der Waals surface area contributed by atoms with Crippen LogP contribution < -0.4 is 10.6 Å². The quantitative estimate of drug-likeness (QED) is 0.288. The molecule has 0 aromatic heterocycles. The number of carbonyl (C=O) groups is 1. The number of nitro benzene ring substituents is 1. The lowest BCUT2D eigenvalue weighted by Crippen LogP contribution is -2.54. The summed E-state index contributed by atoms with van der Waals surface area (Å²) in [7, 11) is -3.15. The lowest BCUT2D eigenvalue weighted by Gasteiger charge is -2.36. The number of benzene rings is 2. The van der Waals surface area contributed by atoms with Crippen molar-refractivity contribution in [3.8, 4) is 0 Å². The molecular weight excluding hydrogens is 569 g/mol. The van der Waals surface area contributed by atoms with Gasteiger partial charge >= 0.3 is 12.3 Å². The van der Waals surface area contributed by atoms with Crippen molar-refractivity contribution in [3.63, 3.8) is 0 Å². The van der Waals surface area contributed by atoms with Crippen LogP contribution in [0, 0.1) is 21.7 Å². The highest BCUT2D eigenvalue weighted by Crippen LogP contribution is 2.44. The molecule has 0 unspecified atom stereocenters. The number of ether oxygens (including phenoxy) is 1. The van der Waals surface area contributed by atoms with Crippen LogP contribution in [0.15, 0.2) is 35.3 Å². The molecule has 1 aliphatic heterocycles. The van der Waals surface area contributed by atoms with E-state index in [2.05, 4.69) is 10.3 Å². The Hall–Kier alpha value is -4.02. The van der Waals surface area contributed by atoms with Gasteiger partial charge in [-0.15, -0.1) is 0 Å². The molecular formula is C23H24F5N5O6S. The molecule has 1 heterocycles. The van der Waals surface area contributed by atoms with Crippen molar-refractivity contribution < 1.29 is 44.8 Å². The molecule has 218 valence electrons. The van der Waals surface area contributed by atoms with Crippen LogP contribution in [0.2, 0.25) is 0 Å². The summed E-state index contributed by atoms with van der Waals surface area (Å²) in [5, 5.41) is 15.6. The van der Waals surface area contributed by atoms with E-state index in [1.165, 1.54) is 6.92 Å². The van der Waals surface area contributed by atoms with Gasteiger partial charge in [-0.05, 0) is 39.8 Å². The van der Waals surface area contributed by atoms with E-state index in [0.29, 0.717) is 10.4 Å². The summed E-state index contributed by atoms with van der Waals surface area (Å²) in [5.74, 6) is -4.52. The van der Waals surface area contributed by atoms with Gasteiger partial charge in [0.2, 0.25) is 16.0 Å². The lowest BCUT2D eigenvalue weighted by atomic mass is 9.93. The van der Waals surface area contributed by atoms with Crippen LogP contribution in [0.3, 0.4) is 0 Å². The van der Waals surface area contributed by atoms with Gasteiger partial charge in [0.25, 0.3) is 5.69 Å². The number of nitro groups is 1. The smallest absolute Gasteiger partial charge is 0.421 e. The van der Waals surface area contributed by atoms with Crippen LogP contribution in [0.4, 0.5) is 43.8 Å². The fourth-order valence-electron chi connectivity index (χ4n) is 3.86. The van der Waals surface area contributed by atoms with E-state index in [1.807, 2.05) is 5.32 Å². The average molecular weight is 594 g/mol. The van der Waals surface area contributed by atoms with Crippen LogP contribution in [0.5, 0.6) is 0 Å². The van der Waals surface area contributed by atoms with Crippen LogP contribution in [0.1, 0.15) is 38.8 Å². The molecule has 0 aliphatic carbocycles. The van der Waals surface area contributed by atoms with Gasteiger partial charge in [-0.2, -0.15) is 13.2 Å². The van der Waals surface area contributed by atoms with Gasteiger partial charge in [0.1, 0.15) is 28.2 Å². The van der Waals surface area contributed by atoms with E-state index in [9.17, 15) is 40.9 Å². The van der Waals surface area contributed by atoms with Crippen molar-refractivity contribution in [2.75, 3.05) is 18.1 Å². The topological polar surface area (TPSA) is 143 Å².